The molecule has 0 aliphatic rings. The topological polar surface area (TPSA) is 125 Å². The molecule has 13 heteroatoms. The Balaban J connectivity index is 1.88. The number of aromatic nitrogens is 1. The van der Waals surface area contributed by atoms with Crippen molar-refractivity contribution >= 4 is 17.5 Å². The van der Waals surface area contributed by atoms with Gasteiger partial charge in [0.25, 0.3) is 5.69 Å². The highest BCUT2D eigenvalue weighted by Gasteiger charge is 2.36. The number of alkyl halides is 3. The Morgan fingerprint density at radius 2 is 1.59 bits per heavy atom. The van der Waals surface area contributed by atoms with Gasteiger partial charge in [0.05, 0.1) is 28.9 Å². The van der Waals surface area contributed by atoms with E-state index in [1.165, 1.54) is 12.1 Å². The van der Waals surface area contributed by atoms with Crippen LogP contribution >= 0.6 is 0 Å². The lowest BCUT2D eigenvalue weighted by atomic mass is 9.99. The summed E-state index contributed by atoms with van der Waals surface area (Å²) in [6.45, 7) is 1.53. The average molecular weight is 609 g/mol. The van der Waals surface area contributed by atoms with Gasteiger partial charge in [0.2, 0.25) is 0 Å². The van der Waals surface area contributed by atoms with Gasteiger partial charge >= 0.3 is 12.3 Å². The van der Waals surface area contributed by atoms with Gasteiger partial charge in [-0.1, -0.05) is 66.7 Å². The molecule has 1 heterocycles. The number of amides is 1. The number of nitrogens with one attached hydrogen (secondary N) is 1. The average Bonchev–Trinajstić information content (AvgIpc) is 3.01. The van der Waals surface area contributed by atoms with Crippen LogP contribution in [0.5, 0.6) is 11.5 Å². The molecule has 1 amide bonds. The zero-order valence-electron chi connectivity index (χ0n) is 23.4. The third kappa shape index (κ3) is 8.53. The number of halogens is 3. The molecule has 0 bridgehead atoms. The molecule has 0 aliphatic heterocycles. The summed E-state index contributed by atoms with van der Waals surface area (Å²) in [5.41, 5.74) is 1.44. The highest BCUT2D eigenvalue weighted by Crippen LogP contribution is 2.39. The maximum absolute atomic E-state index is 13.9. The molecule has 0 saturated heterocycles. The summed E-state index contributed by atoms with van der Waals surface area (Å²) in [7, 11) is 0. The number of ether oxygens (including phenoxy) is 3. The lowest BCUT2D eigenvalue weighted by Crippen LogP contribution is -2.23. The summed E-state index contributed by atoms with van der Waals surface area (Å²) in [5, 5.41) is 16.1. The number of carbonyl (C=O) groups is 1. The number of non-ortho nitro benzene ring substituents is 1. The molecule has 228 valence electrons. The maximum atomic E-state index is 13.9. The molecule has 0 atom stereocenters. The van der Waals surface area contributed by atoms with Gasteiger partial charge in [-0.3, -0.25) is 15.1 Å². The number of hydrogen-bond acceptors (Lipinski definition) is 8. The predicted octanol–water partition coefficient (Wildman–Crippen LogP) is 6.86. The van der Waals surface area contributed by atoms with Crippen molar-refractivity contribution in [2.75, 3.05) is 6.61 Å². The number of hydrogen-bond donors (Lipinski definition) is 1. The normalized spacial score (nSPS) is 11.5. The van der Waals surface area contributed by atoms with Crippen molar-refractivity contribution in [1.29, 1.82) is 0 Å². The number of benzene rings is 3. The minimum atomic E-state index is -4.81. The largest absolute Gasteiger partial charge is 0.485 e. The highest BCUT2D eigenvalue weighted by atomic mass is 19.4. The van der Waals surface area contributed by atoms with Gasteiger partial charge in [-0.2, -0.15) is 18.3 Å². The van der Waals surface area contributed by atoms with Gasteiger partial charge in [0.1, 0.15) is 18.9 Å². The molecule has 4 aromatic rings. The van der Waals surface area contributed by atoms with E-state index >= 15 is 0 Å². The van der Waals surface area contributed by atoms with E-state index in [1.807, 2.05) is 12.1 Å². The van der Waals surface area contributed by atoms with Crippen LogP contribution < -0.4 is 14.9 Å². The van der Waals surface area contributed by atoms with E-state index in [0.717, 1.165) is 29.5 Å². The summed E-state index contributed by atoms with van der Waals surface area (Å²) in [5.74, 6) is -0.0858. The maximum Gasteiger partial charge on any atom is 0.433 e. The van der Waals surface area contributed by atoms with Gasteiger partial charge in [0.15, 0.2) is 11.5 Å². The molecule has 0 unspecified atom stereocenters. The number of nitro groups is 1. The van der Waals surface area contributed by atoms with E-state index in [-0.39, 0.29) is 48.2 Å². The Kier molecular flexibility index (Phi) is 10.5. The number of rotatable bonds is 12. The first kappa shape index (κ1) is 31.5. The lowest BCUT2D eigenvalue weighted by Gasteiger charge is -2.19. The lowest BCUT2D eigenvalue weighted by molar-refractivity contribution is -0.385. The van der Waals surface area contributed by atoms with E-state index < -0.39 is 35.0 Å². The fourth-order valence-electron chi connectivity index (χ4n) is 4.12. The van der Waals surface area contributed by atoms with E-state index in [1.54, 1.807) is 55.5 Å². The fourth-order valence-corrected chi connectivity index (χ4v) is 4.12. The van der Waals surface area contributed by atoms with Gasteiger partial charge < -0.3 is 14.2 Å². The van der Waals surface area contributed by atoms with Crippen LogP contribution in [0.3, 0.4) is 0 Å². The summed E-state index contributed by atoms with van der Waals surface area (Å²) in [6.07, 6.45) is -5.34. The van der Waals surface area contributed by atoms with Gasteiger partial charge in [-0.15, -0.1) is 0 Å². The van der Waals surface area contributed by atoms with Crippen molar-refractivity contribution in [2.24, 2.45) is 5.10 Å². The third-order valence-corrected chi connectivity index (χ3v) is 6.10. The number of nitro benzene ring substituents is 1. The predicted molar refractivity (Wildman–Crippen MR) is 154 cm³/mol. The summed E-state index contributed by atoms with van der Waals surface area (Å²) < 4.78 is 58.6. The summed E-state index contributed by atoms with van der Waals surface area (Å²) >= 11 is 0. The molecular weight excluding hydrogens is 581 g/mol. The second kappa shape index (κ2) is 14.6. The van der Waals surface area contributed by atoms with E-state index in [4.69, 9.17) is 14.2 Å². The van der Waals surface area contributed by atoms with Crippen LogP contribution in [0.1, 0.15) is 34.9 Å². The first-order chi connectivity index (χ1) is 21.2. The van der Waals surface area contributed by atoms with Crippen LogP contribution in [0.4, 0.5) is 23.7 Å². The number of carbonyl (C=O) groups excluding carboxylic acids is 1. The molecule has 3 aromatic carbocycles. The Morgan fingerprint density at radius 1 is 0.955 bits per heavy atom. The van der Waals surface area contributed by atoms with Gasteiger partial charge in [-0.25, -0.2) is 10.2 Å². The molecular formula is C31H27F3N4O6. The summed E-state index contributed by atoms with van der Waals surface area (Å²) in [4.78, 5) is 27.0. The zero-order chi connectivity index (χ0) is 31.5. The smallest absolute Gasteiger partial charge is 0.433 e. The Morgan fingerprint density at radius 3 is 2.18 bits per heavy atom. The zero-order valence-corrected chi connectivity index (χ0v) is 23.4. The van der Waals surface area contributed by atoms with Gasteiger partial charge in [0, 0.05) is 18.7 Å². The van der Waals surface area contributed by atoms with Crippen LogP contribution in [0.15, 0.2) is 96.2 Å². The first-order valence-electron chi connectivity index (χ1n) is 13.3. The van der Waals surface area contributed by atoms with E-state index in [2.05, 4.69) is 15.5 Å². The van der Waals surface area contributed by atoms with Crippen molar-refractivity contribution in [1.82, 2.24) is 10.4 Å². The van der Waals surface area contributed by atoms with Crippen LogP contribution in [0, 0.1) is 10.1 Å². The van der Waals surface area contributed by atoms with Crippen molar-refractivity contribution in [3.63, 3.8) is 0 Å². The second-order valence-electron chi connectivity index (χ2n) is 9.20. The molecule has 1 N–H and O–H groups in total. The number of pyridine rings is 1. The first-order valence-corrected chi connectivity index (χ1v) is 13.3. The van der Waals surface area contributed by atoms with Crippen LogP contribution in [0.25, 0.3) is 0 Å². The quantitative estimate of drug-likeness (QED) is 0.106. The Bertz CT molecular complexity index is 1620. The fraction of sp³-hybridized carbons (Fsp3) is 0.194. The van der Waals surface area contributed by atoms with Gasteiger partial charge in [-0.05, 0) is 29.7 Å². The monoisotopic (exact) mass is 608 g/mol. The van der Waals surface area contributed by atoms with E-state index in [9.17, 15) is 28.1 Å². The minimum Gasteiger partial charge on any atom is -0.485 e. The standard InChI is InChI=1S/C31H27F3N4O6/c1-2-42-30(39)37-36-26(16-23-14-9-15-35-29(23)31(32,33)34)25-17-24(38(40)41)18-27(43-19-21-10-5-3-6-11-21)28(25)44-20-22-12-7-4-8-13-22/h3-15,17-18H,2,16,19-20H2,1H3,(H,37,39)/b36-26-. The third-order valence-electron chi connectivity index (χ3n) is 6.10. The molecule has 1 aromatic heterocycles. The van der Waals surface area contributed by atoms with Crippen molar-refractivity contribution in [3.05, 3.63) is 129 Å². The summed E-state index contributed by atoms with van der Waals surface area (Å²) in [6, 6.07) is 22.7. The number of nitrogens with zero attached hydrogens (tertiary/aromatic N) is 3. The Labute approximate surface area is 250 Å². The van der Waals surface area contributed by atoms with Crippen LogP contribution in [-0.2, 0) is 30.5 Å². The van der Waals surface area contributed by atoms with E-state index in [0.29, 0.717) is 0 Å². The molecule has 0 saturated carbocycles. The molecule has 4 rings (SSSR count). The van der Waals surface area contributed by atoms with Crippen molar-refractivity contribution in [2.45, 2.75) is 32.7 Å². The van der Waals surface area contributed by atoms with Crippen molar-refractivity contribution < 1.29 is 37.1 Å². The molecule has 0 aliphatic carbocycles. The van der Waals surface area contributed by atoms with Crippen LogP contribution in [-0.4, -0.2) is 28.3 Å². The molecule has 44 heavy (non-hydrogen) atoms. The highest BCUT2D eigenvalue weighted by molar-refractivity contribution is 6.05. The molecule has 10 nitrogen and oxygen atoms in total. The Hall–Kier alpha value is -5.46. The molecule has 0 fully saturated rings. The second-order valence-corrected chi connectivity index (χ2v) is 9.20. The van der Waals surface area contributed by atoms with Crippen LogP contribution in [0.2, 0.25) is 0 Å². The van der Waals surface area contributed by atoms with Crippen molar-refractivity contribution in [3.8, 4) is 11.5 Å². The minimum absolute atomic E-state index is 0.00246. The molecule has 0 radical (unpaired) electrons. The molecule has 0 spiro atoms. The number of hydrazone groups is 1. The SMILES string of the molecule is CCOC(=O)N/N=C(/Cc1cccnc1C(F)(F)F)c1cc([N+](=O)[O-])cc(OCc2ccccc2)c1OCc1ccccc1.